The van der Waals surface area contributed by atoms with Crippen LogP contribution in [-0.2, 0) is 4.79 Å². The number of carbonyl (C=O) groups is 1. The third kappa shape index (κ3) is 5.21. The highest BCUT2D eigenvalue weighted by Crippen LogP contribution is 2.21. The number of benzene rings is 2. The largest absolute Gasteiger partial charge is 0.325 e. The molecule has 2 nitrogen and oxygen atoms in total. The molecule has 3 aromatic rings. The molecule has 0 saturated carbocycles. The summed E-state index contributed by atoms with van der Waals surface area (Å²) in [6.07, 6.45) is 0. The Morgan fingerprint density at radius 1 is 1.08 bits per heavy atom. The SMILES string of the molecule is O=C(CSc1ccccc1F)Nc1cccc(C#Cc2cccs2)c1. The van der Waals surface area contributed by atoms with Crippen LogP contribution in [0.3, 0.4) is 0 Å². The molecule has 1 amide bonds. The average molecular weight is 367 g/mol. The third-order valence-electron chi connectivity index (χ3n) is 3.19. The summed E-state index contributed by atoms with van der Waals surface area (Å²) in [5, 5.41) is 4.80. The lowest BCUT2D eigenvalue weighted by Crippen LogP contribution is -2.14. The maximum absolute atomic E-state index is 13.6. The summed E-state index contributed by atoms with van der Waals surface area (Å²) >= 11 is 2.76. The molecule has 5 heteroatoms. The van der Waals surface area contributed by atoms with E-state index >= 15 is 0 Å². The van der Waals surface area contributed by atoms with Gasteiger partial charge in [0.15, 0.2) is 0 Å². The maximum Gasteiger partial charge on any atom is 0.234 e. The highest BCUT2D eigenvalue weighted by atomic mass is 32.2. The van der Waals surface area contributed by atoms with Gasteiger partial charge in [-0.1, -0.05) is 36.1 Å². The Morgan fingerprint density at radius 3 is 2.76 bits per heavy atom. The first-order valence-electron chi connectivity index (χ1n) is 7.53. The number of carbonyl (C=O) groups excluding carboxylic acids is 1. The van der Waals surface area contributed by atoms with Gasteiger partial charge in [0.1, 0.15) is 5.82 Å². The van der Waals surface area contributed by atoms with E-state index in [0.717, 1.165) is 10.4 Å². The van der Waals surface area contributed by atoms with Crippen LogP contribution in [0, 0.1) is 17.7 Å². The second-order valence-electron chi connectivity index (χ2n) is 5.08. The zero-order valence-corrected chi connectivity index (χ0v) is 14.8. The van der Waals surface area contributed by atoms with Crippen molar-refractivity contribution in [1.29, 1.82) is 0 Å². The van der Waals surface area contributed by atoms with E-state index in [-0.39, 0.29) is 17.5 Å². The predicted octanol–water partition coefficient (Wildman–Crippen LogP) is 5.02. The Labute approximate surface area is 154 Å². The van der Waals surface area contributed by atoms with Crippen LogP contribution in [0.25, 0.3) is 0 Å². The van der Waals surface area contributed by atoms with Gasteiger partial charge < -0.3 is 5.32 Å². The first kappa shape index (κ1) is 17.3. The van der Waals surface area contributed by atoms with Crippen LogP contribution in [0.2, 0.25) is 0 Å². The molecular weight excluding hydrogens is 353 g/mol. The van der Waals surface area contributed by atoms with Crippen molar-refractivity contribution in [2.75, 3.05) is 11.1 Å². The number of anilines is 1. The minimum absolute atomic E-state index is 0.145. The zero-order chi connectivity index (χ0) is 17.5. The van der Waals surface area contributed by atoms with E-state index in [0.29, 0.717) is 10.6 Å². The van der Waals surface area contributed by atoms with Crippen LogP contribution in [0.1, 0.15) is 10.4 Å². The van der Waals surface area contributed by atoms with Crippen molar-refractivity contribution in [1.82, 2.24) is 0 Å². The summed E-state index contributed by atoms with van der Waals surface area (Å²) in [4.78, 5) is 13.5. The molecule has 0 unspecified atom stereocenters. The molecule has 1 N–H and O–H groups in total. The molecule has 0 aliphatic carbocycles. The summed E-state index contributed by atoms with van der Waals surface area (Å²) in [5.41, 5.74) is 1.50. The number of hydrogen-bond acceptors (Lipinski definition) is 3. The topological polar surface area (TPSA) is 29.1 Å². The number of rotatable bonds is 4. The molecule has 1 aromatic heterocycles. The van der Waals surface area contributed by atoms with Crippen LogP contribution in [-0.4, -0.2) is 11.7 Å². The van der Waals surface area contributed by atoms with E-state index in [9.17, 15) is 9.18 Å². The molecule has 0 spiro atoms. The number of hydrogen-bond donors (Lipinski definition) is 1. The summed E-state index contributed by atoms with van der Waals surface area (Å²) in [7, 11) is 0. The van der Waals surface area contributed by atoms with Gasteiger partial charge in [0.25, 0.3) is 0 Å². The fourth-order valence-electron chi connectivity index (χ4n) is 2.06. The molecule has 0 aliphatic heterocycles. The van der Waals surface area contributed by atoms with Gasteiger partial charge in [0.2, 0.25) is 5.91 Å². The standard InChI is InChI=1S/C20H14FNOS2/c21-18-8-1-2-9-19(18)25-14-20(23)22-16-6-3-5-15(13-16)10-11-17-7-4-12-24-17/h1-9,12-13H,14H2,(H,22,23). The monoisotopic (exact) mass is 367 g/mol. The van der Waals surface area contributed by atoms with Crippen molar-refractivity contribution in [3.05, 3.63) is 82.3 Å². The van der Waals surface area contributed by atoms with Crippen LogP contribution in [0.5, 0.6) is 0 Å². The Balaban J connectivity index is 1.60. The number of amides is 1. The van der Waals surface area contributed by atoms with Gasteiger partial charge in [0.05, 0.1) is 10.6 Å². The number of thiophene rings is 1. The van der Waals surface area contributed by atoms with E-state index < -0.39 is 0 Å². The van der Waals surface area contributed by atoms with Gasteiger partial charge in [-0.2, -0.15) is 0 Å². The van der Waals surface area contributed by atoms with Crippen LogP contribution in [0.4, 0.5) is 10.1 Å². The van der Waals surface area contributed by atoms with Crippen molar-refractivity contribution >= 4 is 34.7 Å². The van der Waals surface area contributed by atoms with E-state index in [4.69, 9.17) is 0 Å². The van der Waals surface area contributed by atoms with Gasteiger partial charge in [-0.05, 0) is 41.8 Å². The van der Waals surface area contributed by atoms with Crippen molar-refractivity contribution in [2.45, 2.75) is 4.90 Å². The molecule has 0 aliphatic rings. The highest BCUT2D eigenvalue weighted by molar-refractivity contribution is 8.00. The summed E-state index contributed by atoms with van der Waals surface area (Å²) in [6, 6.07) is 17.7. The summed E-state index contributed by atoms with van der Waals surface area (Å²) in [6.45, 7) is 0. The van der Waals surface area contributed by atoms with Gasteiger partial charge >= 0.3 is 0 Å². The molecule has 25 heavy (non-hydrogen) atoms. The molecular formula is C20H14FNOS2. The Morgan fingerprint density at radius 2 is 1.96 bits per heavy atom. The minimum atomic E-state index is -0.314. The fraction of sp³-hybridized carbons (Fsp3) is 0.0500. The van der Waals surface area contributed by atoms with Gasteiger partial charge in [-0.25, -0.2) is 4.39 Å². The van der Waals surface area contributed by atoms with E-state index in [1.165, 1.54) is 17.8 Å². The number of thioether (sulfide) groups is 1. The fourth-order valence-corrected chi connectivity index (χ4v) is 3.37. The molecule has 0 fully saturated rings. The van der Waals surface area contributed by atoms with Gasteiger partial charge in [-0.15, -0.1) is 23.1 Å². The Kier molecular flexibility index (Phi) is 5.89. The smallest absolute Gasteiger partial charge is 0.234 e. The highest BCUT2D eigenvalue weighted by Gasteiger charge is 2.07. The first-order chi connectivity index (χ1) is 12.2. The van der Waals surface area contributed by atoms with Crippen molar-refractivity contribution in [2.24, 2.45) is 0 Å². The van der Waals surface area contributed by atoms with E-state index in [2.05, 4.69) is 17.2 Å². The maximum atomic E-state index is 13.6. The molecule has 124 valence electrons. The molecule has 0 atom stereocenters. The Bertz CT molecular complexity index is 926. The molecule has 0 bridgehead atoms. The zero-order valence-electron chi connectivity index (χ0n) is 13.2. The summed E-state index contributed by atoms with van der Waals surface area (Å²) < 4.78 is 13.6. The lowest BCUT2D eigenvalue weighted by molar-refractivity contribution is -0.113. The first-order valence-corrected chi connectivity index (χ1v) is 9.40. The van der Waals surface area contributed by atoms with Crippen LogP contribution < -0.4 is 5.32 Å². The van der Waals surface area contributed by atoms with Crippen molar-refractivity contribution in [3.8, 4) is 11.8 Å². The van der Waals surface area contributed by atoms with Crippen molar-refractivity contribution in [3.63, 3.8) is 0 Å². The molecule has 2 aromatic carbocycles. The second-order valence-corrected chi connectivity index (χ2v) is 7.04. The minimum Gasteiger partial charge on any atom is -0.325 e. The Hall–Kier alpha value is -2.55. The lowest BCUT2D eigenvalue weighted by atomic mass is 10.2. The molecule has 0 saturated heterocycles. The molecule has 3 rings (SSSR count). The normalized spacial score (nSPS) is 9.96. The quantitative estimate of drug-likeness (QED) is 0.518. The van der Waals surface area contributed by atoms with Gasteiger partial charge in [-0.3, -0.25) is 4.79 Å². The summed E-state index contributed by atoms with van der Waals surface area (Å²) in [5.74, 6) is 5.81. The molecule has 0 radical (unpaired) electrons. The van der Waals surface area contributed by atoms with E-state index in [1.807, 2.05) is 41.8 Å². The van der Waals surface area contributed by atoms with Crippen LogP contribution in [0.15, 0.2) is 70.9 Å². The van der Waals surface area contributed by atoms with Crippen molar-refractivity contribution < 1.29 is 9.18 Å². The van der Waals surface area contributed by atoms with Crippen LogP contribution >= 0.6 is 23.1 Å². The third-order valence-corrected chi connectivity index (χ3v) is 5.03. The predicted molar refractivity (Wildman–Crippen MR) is 102 cm³/mol. The number of halogens is 1. The lowest BCUT2D eigenvalue weighted by Gasteiger charge is -2.06. The average Bonchev–Trinajstić information content (AvgIpc) is 3.13. The molecule has 1 heterocycles. The van der Waals surface area contributed by atoms with Gasteiger partial charge in [0, 0.05) is 16.1 Å². The second kappa shape index (κ2) is 8.52. The number of nitrogens with one attached hydrogen (secondary N) is 1. The van der Waals surface area contributed by atoms with E-state index in [1.54, 1.807) is 29.5 Å².